The Bertz CT molecular complexity index is 992. The second kappa shape index (κ2) is 6.75. The zero-order valence-electron chi connectivity index (χ0n) is 13.3. The lowest BCUT2D eigenvalue weighted by molar-refractivity contribution is -0.137. The molecule has 1 N–H and O–H groups in total. The van der Waals surface area contributed by atoms with E-state index in [1.165, 1.54) is 28.0 Å². The Labute approximate surface area is 148 Å². The zero-order valence-corrected chi connectivity index (χ0v) is 14.1. The molecule has 0 aliphatic carbocycles. The van der Waals surface area contributed by atoms with E-state index in [4.69, 9.17) is 0 Å². The van der Waals surface area contributed by atoms with Crippen molar-refractivity contribution in [1.82, 2.24) is 19.3 Å². The second-order valence-electron chi connectivity index (χ2n) is 5.35. The molecule has 3 aromatic rings. The summed E-state index contributed by atoms with van der Waals surface area (Å²) >= 11 is 0.943. The zero-order chi connectivity index (χ0) is 18.9. The lowest BCUT2D eigenvalue weighted by atomic mass is 10.1. The highest BCUT2D eigenvalue weighted by atomic mass is 32.1. The van der Waals surface area contributed by atoms with Gasteiger partial charge < -0.3 is 5.32 Å². The smallest absolute Gasteiger partial charge is 0.323 e. The number of carbonyl (C=O) groups is 1. The van der Waals surface area contributed by atoms with Crippen molar-refractivity contribution in [2.45, 2.75) is 19.6 Å². The molecule has 0 aliphatic heterocycles. The van der Waals surface area contributed by atoms with Crippen molar-refractivity contribution in [2.24, 2.45) is 0 Å². The van der Waals surface area contributed by atoms with E-state index in [1.54, 1.807) is 12.3 Å². The molecule has 0 radical (unpaired) electrons. The van der Waals surface area contributed by atoms with Gasteiger partial charge in [-0.15, -0.1) is 0 Å². The molecule has 0 spiro atoms. The number of thiazole rings is 1. The molecule has 1 aromatic carbocycles. The van der Waals surface area contributed by atoms with Crippen LogP contribution in [0.25, 0.3) is 5.69 Å². The Morgan fingerprint density at radius 2 is 2.12 bits per heavy atom. The van der Waals surface area contributed by atoms with Crippen LogP contribution in [0.3, 0.4) is 0 Å². The van der Waals surface area contributed by atoms with Gasteiger partial charge in [0.25, 0.3) is 0 Å². The van der Waals surface area contributed by atoms with Crippen molar-refractivity contribution in [3.8, 4) is 5.69 Å². The van der Waals surface area contributed by atoms with Gasteiger partial charge in [0, 0.05) is 11.1 Å². The van der Waals surface area contributed by atoms with Crippen molar-refractivity contribution >= 4 is 22.9 Å². The fourth-order valence-electron chi connectivity index (χ4n) is 2.27. The third-order valence-electron chi connectivity index (χ3n) is 3.54. The molecule has 7 nitrogen and oxygen atoms in total. The molecule has 11 heteroatoms. The highest BCUT2D eigenvalue weighted by Gasteiger charge is 2.31. The largest absolute Gasteiger partial charge is 0.416 e. The van der Waals surface area contributed by atoms with Gasteiger partial charge in [-0.3, -0.25) is 14.2 Å². The van der Waals surface area contributed by atoms with Gasteiger partial charge in [-0.25, -0.2) is 9.67 Å². The van der Waals surface area contributed by atoms with E-state index in [9.17, 15) is 22.8 Å². The molecular formula is C15H12F3N5O2S. The Balaban J connectivity index is 1.94. The van der Waals surface area contributed by atoms with E-state index >= 15 is 0 Å². The average molecular weight is 383 g/mol. The van der Waals surface area contributed by atoms with E-state index in [1.807, 2.05) is 0 Å². The van der Waals surface area contributed by atoms with E-state index in [2.05, 4.69) is 15.4 Å². The Kier molecular flexibility index (Phi) is 4.64. The van der Waals surface area contributed by atoms with Crippen LogP contribution in [0.2, 0.25) is 0 Å². The maximum Gasteiger partial charge on any atom is 0.416 e. The van der Waals surface area contributed by atoms with E-state index in [-0.39, 0.29) is 22.8 Å². The predicted octanol–water partition coefficient (Wildman–Crippen LogP) is 2.46. The quantitative estimate of drug-likeness (QED) is 0.750. The van der Waals surface area contributed by atoms with Gasteiger partial charge in [-0.2, -0.15) is 18.3 Å². The van der Waals surface area contributed by atoms with Crippen molar-refractivity contribution < 1.29 is 18.0 Å². The summed E-state index contributed by atoms with van der Waals surface area (Å²) in [5.74, 6) is -0.630. The molecule has 1 amide bonds. The van der Waals surface area contributed by atoms with Crippen molar-refractivity contribution in [2.75, 3.05) is 5.32 Å². The maximum atomic E-state index is 13.0. The molecule has 0 saturated carbocycles. The third kappa shape index (κ3) is 3.67. The third-order valence-corrected chi connectivity index (χ3v) is 4.42. The summed E-state index contributed by atoms with van der Waals surface area (Å²) in [6, 6.07) is 2.90. The van der Waals surface area contributed by atoms with Gasteiger partial charge in [-0.05, 0) is 25.1 Å². The molecule has 2 heterocycles. The molecule has 0 atom stereocenters. The minimum atomic E-state index is -4.57. The summed E-state index contributed by atoms with van der Waals surface area (Å²) in [5, 5.41) is 7.89. The number of carbonyl (C=O) groups excluding carboxylic acids is 1. The summed E-state index contributed by atoms with van der Waals surface area (Å²) < 4.78 is 41.5. The number of hydrogen-bond acceptors (Lipinski definition) is 5. The molecule has 0 aliphatic rings. The standard InChI is InChI=1S/C15H12F3N5O2S/c1-9-6-26-14(25)22(9)5-13(24)21-11-4-10(15(16,17)18)2-3-12(11)23-8-19-7-20-23/h2-4,6-8H,5H2,1H3,(H,21,24). The first-order valence-corrected chi connectivity index (χ1v) is 8.14. The van der Waals surface area contributed by atoms with Crippen LogP contribution >= 0.6 is 11.3 Å². The number of rotatable bonds is 4. The fraction of sp³-hybridized carbons (Fsp3) is 0.200. The number of amides is 1. The number of alkyl halides is 3. The number of anilines is 1. The molecule has 0 bridgehead atoms. The van der Waals surface area contributed by atoms with E-state index in [0.29, 0.717) is 5.69 Å². The predicted molar refractivity (Wildman–Crippen MR) is 88.3 cm³/mol. The minimum absolute atomic E-state index is 0.0868. The Hall–Kier alpha value is -2.95. The Morgan fingerprint density at radius 3 is 2.69 bits per heavy atom. The van der Waals surface area contributed by atoms with Gasteiger partial charge in [0.05, 0.1) is 16.9 Å². The summed E-state index contributed by atoms with van der Waals surface area (Å²) in [4.78, 5) is 27.4. The summed E-state index contributed by atoms with van der Waals surface area (Å²) in [6.45, 7) is 1.36. The van der Waals surface area contributed by atoms with Crippen LogP contribution in [-0.4, -0.2) is 25.2 Å². The molecule has 2 aromatic heterocycles. The van der Waals surface area contributed by atoms with Crippen LogP contribution in [0.5, 0.6) is 0 Å². The van der Waals surface area contributed by atoms with Gasteiger partial charge in [0.15, 0.2) is 0 Å². The van der Waals surface area contributed by atoms with Crippen LogP contribution in [0.1, 0.15) is 11.3 Å². The summed E-state index contributed by atoms with van der Waals surface area (Å²) in [7, 11) is 0. The van der Waals surface area contributed by atoms with Crippen LogP contribution < -0.4 is 10.2 Å². The van der Waals surface area contributed by atoms with Gasteiger partial charge >= 0.3 is 11.0 Å². The van der Waals surface area contributed by atoms with E-state index < -0.39 is 17.6 Å². The highest BCUT2D eigenvalue weighted by Crippen LogP contribution is 2.33. The normalized spacial score (nSPS) is 11.5. The van der Waals surface area contributed by atoms with Crippen molar-refractivity contribution in [1.29, 1.82) is 0 Å². The van der Waals surface area contributed by atoms with Crippen molar-refractivity contribution in [3.63, 3.8) is 0 Å². The van der Waals surface area contributed by atoms with E-state index in [0.717, 1.165) is 23.5 Å². The topological polar surface area (TPSA) is 81.8 Å². The lowest BCUT2D eigenvalue weighted by Crippen LogP contribution is -2.25. The average Bonchev–Trinajstić information content (AvgIpc) is 3.20. The van der Waals surface area contributed by atoms with Gasteiger partial charge in [0.2, 0.25) is 5.91 Å². The molecule has 3 rings (SSSR count). The Morgan fingerprint density at radius 1 is 1.35 bits per heavy atom. The first-order valence-electron chi connectivity index (χ1n) is 7.27. The van der Waals surface area contributed by atoms with Crippen LogP contribution in [0.4, 0.5) is 18.9 Å². The summed E-state index contributed by atoms with van der Waals surface area (Å²) in [6.07, 6.45) is -2.05. The van der Waals surface area contributed by atoms with Crippen LogP contribution in [0.15, 0.2) is 41.0 Å². The van der Waals surface area contributed by atoms with Gasteiger partial charge in [0.1, 0.15) is 19.2 Å². The minimum Gasteiger partial charge on any atom is -0.323 e. The first-order chi connectivity index (χ1) is 12.3. The lowest BCUT2D eigenvalue weighted by Gasteiger charge is -2.14. The number of aryl methyl sites for hydroxylation is 1. The van der Waals surface area contributed by atoms with Crippen LogP contribution in [-0.2, 0) is 17.5 Å². The number of halogens is 3. The molecule has 26 heavy (non-hydrogen) atoms. The molecule has 0 unspecified atom stereocenters. The maximum absolute atomic E-state index is 13.0. The number of aromatic nitrogens is 4. The summed E-state index contributed by atoms with van der Waals surface area (Å²) in [5.41, 5.74) is -0.189. The number of hydrogen-bond donors (Lipinski definition) is 1. The molecule has 0 fully saturated rings. The molecule has 0 saturated heterocycles. The number of nitrogens with one attached hydrogen (secondary N) is 1. The molecule has 136 valence electrons. The highest BCUT2D eigenvalue weighted by molar-refractivity contribution is 7.07. The first kappa shape index (κ1) is 17.9. The SMILES string of the molecule is Cc1csc(=O)n1CC(=O)Nc1cc(C(F)(F)F)ccc1-n1cncn1. The monoisotopic (exact) mass is 383 g/mol. The fourth-order valence-corrected chi connectivity index (χ4v) is 3.01. The number of benzene rings is 1. The second-order valence-corrected chi connectivity index (χ2v) is 6.17. The van der Waals surface area contributed by atoms with Gasteiger partial charge in [-0.1, -0.05) is 11.3 Å². The van der Waals surface area contributed by atoms with Crippen LogP contribution in [0, 0.1) is 6.92 Å². The molecular weight excluding hydrogens is 371 g/mol. The van der Waals surface area contributed by atoms with Crippen molar-refractivity contribution in [3.05, 3.63) is 57.2 Å². The number of nitrogens with zero attached hydrogens (tertiary/aromatic N) is 4.